The smallest absolute Gasteiger partial charge is 0.196 e. The number of benzene rings is 2. The fourth-order valence-electron chi connectivity index (χ4n) is 4.59. The lowest BCUT2D eigenvalue weighted by molar-refractivity contribution is 0.913. The summed E-state index contributed by atoms with van der Waals surface area (Å²) < 4.78 is 3.13. The SMILES string of the molecule is N=Cc1c(N)ccc2nc(-c3ccc4c(c3)sc3ncc(N)n34)c3c(c12)CCC3. The van der Waals surface area contributed by atoms with Gasteiger partial charge in [0.05, 0.1) is 27.6 Å². The zero-order chi connectivity index (χ0) is 19.7. The first-order valence-corrected chi connectivity index (χ1v) is 10.4. The van der Waals surface area contributed by atoms with Crippen LogP contribution >= 0.6 is 11.3 Å². The molecule has 0 aliphatic heterocycles. The number of imidazole rings is 1. The standard InChI is InChI=1S/C22H18N6S/c23-9-14-15(24)5-6-16-20(14)12-2-1-3-13(12)21(27-16)11-4-7-17-18(8-11)29-22-26-10-19(25)28(17)22/h4-10,23H,1-3,24-25H2. The number of aryl methyl sites for hydroxylation is 1. The quantitative estimate of drug-likeness (QED) is 0.302. The zero-order valence-corrected chi connectivity index (χ0v) is 16.4. The van der Waals surface area contributed by atoms with Gasteiger partial charge in [0.15, 0.2) is 4.96 Å². The lowest BCUT2D eigenvalue weighted by Crippen LogP contribution is -2.01. The van der Waals surface area contributed by atoms with Crippen LogP contribution < -0.4 is 11.5 Å². The van der Waals surface area contributed by atoms with Crippen LogP contribution in [0.15, 0.2) is 36.5 Å². The zero-order valence-electron chi connectivity index (χ0n) is 15.6. The first-order chi connectivity index (χ1) is 14.2. The van der Waals surface area contributed by atoms with E-state index < -0.39 is 0 Å². The van der Waals surface area contributed by atoms with E-state index in [1.54, 1.807) is 17.5 Å². The highest BCUT2D eigenvalue weighted by molar-refractivity contribution is 7.23. The van der Waals surface area contributed by atoms with Gasteiger partial charge in [-0.3, -0.25) is 4.40 Å². The summed E-state index contributed by atoms with van der Waals surface area (Å²) in [4.78, 5) is 10.3. The highest BCUT2D eigenvalue weighted by Crippen LogP contribution is 2.39. The maximum absolute atomic E-state index is 7.84. The summed E-state index contributed by atoms with van der Waals surface area (Å²) in [5.74, 6) is 0.653. The van der Waals surface area contributed by atoms with Crippen LogP contribution in [0.5, 0.6) is 0 Å². The van der Waals surface area contributed by atoms with Crippen molar-refractivity contribution in [2.24, 2.45) is 0 Å². The molecule has 3 aromatic heterocycles. The summed E-state index contributed by atoms with van der Waals surface area (Å²) >= 11 is 1.63. The number of nitrogens with zero attached hydrogens (tertiary/aromatic N) is 3. The van der Waals surface area contributed by atoms with E-state index in [0.717, 1.165) is 62.2 Å². The van der Waals surface area contributed by atoms with Gasteiger partial charge in [0, 0.05) is 28.4 Å². The van der Waals surface area contributed by atoms with Gasteiger partial charge in [-0.05, 0) is 54.7 Å². The van der Waals surface area contributed by atoms with E-state index in [-0.39, 0.29) is 0 Å². The van der Waals surface area contributed by atoms with Crippen molar-refractivity contribution in [1.82, 2.24) is 14.4 Å². The van der Waals surface area contributed by atoms with E-state index in [2.05, 4.69) is 23.2 Å². The first-order valence-electron chi connectivity index (χ1n) is 9.56. The minimum atomic E-state index is 0.636. The third-order valence-corrected chi connectivity index (χ3v) is 6.89. The Hall–Kier alpha value is -3.45. The molecule has 0 atom stereocenters. The Labute approximate surface area is 170 Å². The van der Waals surface area contributed by atoms with Crippen molar-refractivity contribution in [2.45, 2.75) is 19.3 Å². The number of anilines is 2. The molecule has 0 amide bonds. The summed E-state index contributed by atoms with van der Waals surface area (Å²) in [7, 11) is 0. The second-order valence-electron chi connectivity index (χ2n) is 7.46. The van der Waals surface area contributed by atoms with Crippen molar-refractivity contribution in [3.63, 3.8) is 0 Å². The van der Waals surface area contributed by atoms with Crippen LogP contribution in [0, 0.1) is 5.41 Å². The van der Waals surface area contributed by atoms with Gasteiger partial charge in [-0.2, -0.15) is 0 Å². The lowest BCUT2D eigenvalue weighted by Gasteiger charge is -2.14. The van der Waals surface area contributed by atoms with Crippen molar-refractivity contribution in [1.29, 1.82) is 5.41 Å². The number of fused-ring (bicyclic) bond motifs is 6. The molecule has 0 spiro atoms. The molecule has 0 saturated carbocycles. The Bertz CT molecular complexity index is 1480. The molecule has 1 aliphatic carbocycles. The molecule has 5 aromatic rings. The minimum absolute atomic E-state index is 0.636. The fourth-order valence-corrected chi connectivity index (χ4v) is 5.63. The molecule has 0 fully saturated rings. The van der Waals surface area contributed by atoms with Gasteiger partial charge >= 0.3 is 0 Å². The molecule has 6 nitrogen and oxygen atoms in total. The molecule has 2 aromatic carbocycles. The molecular formula is C22H18N6S. The monoisotopic (exact) mass is 398 g/mol. The predicted molar refractivity (Wildman–Crippen MR) is 120 cm³/mol. The van der Waals surface area contributed by atoms with E-state index in [9.17, 15) is 0 Å². The molecule has 3 heterocycles. The molecule has 29 heavy (non-hydrogen) atoms. The van der Waals surface area contributed by atoms with Crippen LogP contribution in [-0.2, 0) is 12.8 Å². The molecule has 0 radical (unpaired) electrons. The van der Waals surface area contributed by atoms with Gasteiger partial charge in [-0.1, -0.05) is 17.4 Å². The molecule has 0 bridgehead atoms. The average Bonchev–Trinajstić information content (AvgIpc) is 3.43. The van der Waals surface area contributed by atoms with E-state index in [4.69, 9.17) is 21.9 Å². The van der Waals surface area contributed by atoms with Crippen LogP contribution in [0.4, 0.5) is 11.5 Å². The third-order valence-electron chi connectivity index (χ3n) is 5.87. The number of pyridine rings is 1. The van der Waals surface area contributed by atoms with Crippen LogP contribution in [0.25, 0.3) is 37.3 Å². The highest BCUT2D eigenvalue weighted by Gasteiger charge is 2.23. The number of thiazole rings is 1. The largest absolute Gasteiger partial charge is 0.398 e. The molecule has 6 rings (SSSR count). The topological polar surface area (TPSA) is 106 Å². The van der Waals surface area contributed by atoms with Gasteiger partial charge in [0.1, 0.15) is 5.82 Å². The number of aromatic nitrogens is 3. The van der Waals surface area contributed by atoms with Crippen molar-refractivity contribution in [3.8, 4) is 11.3 Å². The molecular weight excluding hydrogens is 380 g/mol. The van der Waals surface area contributed by atoms with E-state index >= 15 is 0 Å². The third kappa shape index (κ3) is 2.19. The minimum Gasteiger partial charge on any atom is -0.398 e. The summed E-state index contributed by atoms with van der Waals surface area (Å²) in [5, 5.41) is 8.88. The Kier molecular flexibility index (Phi) is 3.29. The van der Waals surface area contributed by atoms with E-state index in [0.29, 0.717) is 11.5 Å². The molecule has 1 aliphatic rings. The van der Waals surface area contributed by atoms with Crippen molar-refractivity contribution >= 4 is 55.1 Å². The number of rotatable bonds is 2. The van der Waals surface area contributed by atoms with Gasteiger partial charge in [0.25, 0.3) is 0 Å². The van der Waals surface area contributed by atoms with Crippen LogP contribution in [0.2, 0.25) is 0 Å². The first kappa shape index (κ1) is 16.5. The number of nitrogen functional groups attached to an aromatic ring is 2. The van der Waals surface area contributed by atoms with E-state index in [1.807, 2.05) is 16.5 Å². The number of hydrogen-bond donors (Lipinski definition) is 3. The molecule has 142 valence electrons. The van der Waals surface area contributed by atoms with Gasteiger partial charge in [-0.15, -0.1) is 0 Å². The maximum Gasteiger partial charge on any atom is 0.196 e. The normalized spacial score (nSPS) is 13.5. The fraction of sp³-hybridized carbons (Fsp3) is 0.136. The van der Waals surface area contributed by atoms with Crippen molar-refractivity contribution < 1.29 is 0 Å². The Morgan fingerprint density at radius 2 is 1.97 bits per heavy atom. The summed E-state index contributed by atoms with van der Waals surface area (Å²) in [6, 6.07) is 10.2. The Morgan fingerprint density at radius 1 is 1.10 bits per heavy atom. The van der Waals surface area contributed by atoms with Crippen molar-refractivity contribution in [3.05, 3.63) is 53.2 Å². The van der Waals surface area contributed by atoms with Crippen LogP contribution in [-0.4, -0.2) is 20.6 Å². The van der Waals surface area contributed by atoms with Gasteiger partial charge in [0.2, 0.25) is 0 Å². The molecule has 5 N–H and O–H groups in total. The van der Waals surface area contributed by atoms with Crippen LogP contribution in [0.1, 0.15) is 23.1 Å². The lowest BCUT2D eigenvalue weighted by atomic mass is 9.95. The second kappa shape index (κ2) is 5.78. The predicted octanol–water partition coefficient (Wildman–Crippen LogP) is 4.41. The average molecular weight is 398 g/mol. The molecule has 0 unspecified atom stereocenters. The Balaban J connectivity index is 1.64. The van der Waals surface area contributed by atoms with Crippen LogP contribution in [0.3, 0.4) is 0 Å². The molecule has 0 saturated heterocycles. The maximum atomic E-state index is 7.84. The Morgan fingerprint density at radius 3 is 2.83 bits per heavy atom. The summed E-state index contributed by atoms with van der Waals surface area (Å²) in [5.41, 5.74) is 20.3. The number of hydrogen-bond acceptors (Lipinski definition) is 6. The number of nitrogens with one attached hydrogen (secondary N) is 1. The highest BCUT2D eigenvalue weighted by atomic mass is 32.1. The molecule has 7 heteroatoms. The van der Waals surface area contributed by atoms with Crippen molar-refractivity contribution in [2.75, 3.05) is 11.5 Å². The van der Waals surface area contributed by atoms with E-state index in [1.165, 1.54) is 17.3 Å². The second-order valence-corrected chi connectivity index (χ2v) is 8.47. The summed E-state index contributed by atoms with van der Waals surface area (Å²) in [6.45, 7) is 0. The summed E-state index contributed by atoms with van der Waals surface area (Å²) in [6.07, 6.45) is 6.15. The van der Waals surface area contributed by atoms with Gasteiger partial charge < -0.3 is 16.9 Å². The number of nitrogens with two attached hydrogens (primary N) is 2. The van der Waals surface area contributed by atoms with Gasteiger partial charge in [-0.25, -0.2) is 9.97 Å².